The summed E-state index contributed by atoms with van der Waals surface area (Å²) in [6, 6.07) is 0.454. The molecule has 5 nitrogen and oxygen atoms in total. The van der Waals surface area contributed by atoms with Crippen LogP contribution in [-0.2, 0) is 14.8 Å². The Morgan fingerprint density at radius 3 is 2.74 bits per heavy atom. The van der Waals surface area contributed by atoms with Gasteiger partial charge in [-0.3, -0.25) is 4.90 Å². The fourth-order valence-corrected chi connectivity index (χ4v) is 5.20. The molecule has 3 saturated heterocycles. The molecule has 0 unspecified atom stereocenters. The van der Waals surface area contributed by atoms with E-state index in [9.17, 15) is 8.42 Å². The van der Waals surface area contributed by atoms with Crippen molar-refractivity contribution in [2.45, 2.75) is 44.2 Å². The first-order chi connectivity index (χ1) is 9.15. The molecule has 3 rings (SSSR count). The Bertz CT molecular complexity index is 406. The number of rotatable bonds is 3. The SMILES string of the molecule is O=S(=O)(C[C@H]1CCCCO1)N1CCN2CCC[C@@H]2C1. The van der Waals surface area contributed by atoms with Gasteiger partial charge in [0.2, 0.25) is 10.0 Å². The Balaban J connectivity index is 1.60. The minimum absolute atomic E-state index is 0.0830. The van der Waals surface area contributed by atoms with E-state index in [0.717, 1.165) is 45.4 Å². The molecule has 3 heterocycles. The van der Waals surface area contributed by atoms with E-state index in [4.69, 9.17) is 4.74 Å². The molecule has 0 aliphatic carbocycles. The van der Waals surface area contributed by atoms with Gasteiger partial charge in [0.15, 0.2) is 0 Å². The average Bonchev–Trinajstić information content (AvgIpc) is 2.86. The summed E-state index contributed by atoms with van der Waals surface area (Å²) in [5.41, 5.74) is 0. The highest BCUT2D eigenvalue weighted by molar-refractivity contribution is 7.89. The van der Waals surface area contributed by atoms with Gasteiger partial charge < -0.3 is 4.74 Å². The zero-order chi connectivity index (χ0) is 13.3. The van der Waals surface area contributed by atoms with E-state index in [1.54, 1.807) is 4.31 Å². The molecule has 0 saturated carbocycles. The van der Waals surface area contributed by atoms with Crippen molar-refractivity contribution in [3.63, 3.8) is 0 Å². The Hall–Kier alpha value is -0.170. The van der Waals surface area contributed by atoms with Crippen LogP contribution >= 0.6 is 0 Å². The van der Waals surface area contributed by atoms with Gasteiger partial charge in [0.05, 0.1) is 11.9 Å². The molecule has 6 heteroatoms. The van der Waals surface area contributed by atoms with Crippen LogP contribution in [-0.4, -0.2) is 68.3 Å². The van der Waals surface area contributed by atoms with Gasteiger partial charge in [-0.05, 0) is 38.6 Å². The molecule has 0 aromatic rings. The Labute approximate surface area is 115 Å². The van der Waals surface area contributed by atoms with E-state index in [0.29, 0.717) is 19.1 Å². The second-order valence-electron chi connectivity index (χ2n) is 5.96. The molecule has 110 valence electrons. The lowest BCUT2D eigenvalue weighted by atomic mass is 10.1. The molecular weight excluding hydrogens is 264 g/mol. The maximum absolute atomic E-state index is 12.5. The van der Waals surface area contributed by atoms with Crippen molar-refractivity contribution < 1.29 is 13.2 Å². The van der Waals surface area contributed by atoms with Crippen LogP contribution in [0.1, 0.15) is 32.1 Å². The van der Waals surface area contributed by atoms with Gasteiger partial charge in [-0.1, -0.05) is 0 Å². The molecule has 0 aromatic heterocycles. The summed E-state index contributed by atoms with van der Waals surface area (Å²) >= 11 is 0. The normalized spacial score (nSPS) is 34.3. The smallest absolute Gasteiger partial charge is 0.216 e. The lowest BCUT2D eigenvalue weighted by Gasteiger charge is -2.37. The zero-order valence-corrected chi connectivity index (χ0v) is 12.3. The van der Waals surface area contributed by atoms with Crippen LogP contribution in [0.5, 0.6) is 0 Å². The van der Waals surface area contributed by atoms with E-state index >= 15 is 0 Å². The predicted molar refractivity (Wildman–Crippen MR) is 73.5 cm³/mol. The molecule has 0 N–H and O–H groups in total. The number of ether oxygens (including phenoxy) is 1. The summed E-state index contributed by atoms with van der Waals surface area (Å²) in [5.74, 6) is 0.180. The van der Waals surface area contributed by atoms with Crippen molar-refractivity contribution in [2.75, 3.05) is 38.5 Å². The van der Waals surface area contributed by atoms with Crippen LogP contribution in [0, 0.1) is 0 Å². The summed E-state index contributed by atoms with van der Waals surface area (Å²) in [6.07, 6.45) is 5.33. The number of hydrogen-bond acceptors (Lipinski definition) is 4. The highest BCUT2D eigenvalue weighted by atomic mass is 32.2. The Morgan fingerprint density at radius 1 is 1.05 bits per heavy atom. The van der Waals surface area contributed by atoms with Crippen molar-refractivity contribution in [3.05, 3.63) is 0 Å². The summed E-state index contributed by atoms with van der Waals surface area (Å²) in [5, 5.41) is 0. The molecule has 19 heavy (non-hydrogen) atoms. The number of hydrogen-bond donors (Lipinski definition) is 0. The topological polar surface area (TPSA) is 49.9 Å². The van der Waals surface area contributed by atoms with Gasteiger partial charge in [-0.2, -0.15) is 4.31 Å². The largest absolute Gasteiger partial charge is 0.377 e. The fourth-order valence-electron chi connectivity index (χ4n) is 3.49. The fraction of sp³-hybridized carbons (Fsp3) is 1.00. The van der Waals surface area contributed by atoms with Crippen LogP contribution in [0.3, 0.4) is 0 Å². The standard InChI is InChI=1S/C13H24N2O3S/c16-19(17,11-13-5-1-2-9-18-13)15-8-7-14-6-3-4-12(14)10-15/h12-13H,1-11H2/t12-,13-/m1/s1. The molecule has 0 spiro atoms. The van der Waals surface area contributed by atoms with Crippen molar-refractivity contribution in [1.29, 1.82) is 0 Å². The first-order valence-corrected chi connectivity index (χ1v) is 9.09. The second kappa shape index (κ2) is 5.68. The van der Waals surface area contributed by atoms with E-state index in [1.807, 2.05) is 0 Å². The number of piperazine rings is 1. The molecule has 2 atom stereocenters. The molecule has 0 amide bonds. The molecule has 0 radical (unpaired) electrons. The van der Waals surface area contributed by atoms with Gasteiger partial charge in [-0.15, -0.1) is 0 Å². The molecule has 3 aliphatic heterocycles. The van der Waals surface area contributed by atoms with Gasteiger partial charge >= 0.3 is 0 Å². The highest BCUT2D eigenvalue weighted by Crippen LogP contribution is 2.24. The Morgan fingerprint density at radius 2 is 1.95 bits per heavy atom. The summed E-state index contributed by atoms with van der Waals surface area (Å²) in [7, 11) is -3.14. The van der Waals surface area contributed by atoms with Gasteiger partial charge in [-0.25, -0.2) is 8.42 Å². The summed E-state index contributed by atoms with van der Waals surface area (Å²) in [4.78, 5) is 2.43. The quantitative estimate of drug-likeness (QED) is 0.766. The maximum Gasteiger partial charge on any atom is 0.216 e. The van der Waals surface area contributed by atoms with Crippen LogP contribution in [0.15, 0.2) is 0 Å². The van der Waals surface area contributed by atoms with Gasteiger partial charge in [0.25, 0.3) is 0 Å². The van der Waals surface area contributed by atoms with Gasteiger partial charge in [0, 0.05) is 32.3 Å². The third-order valence-electron chi connectivity index (χ3n) is 4.61. The van der Waals surface area contributed by atoms with Crippen LogP contribution in [0.4, 0.5) is 0 Å². The molecule has 3 aliphatic rings. The van der Waals surface area contributed by atoms with Crippen molar-refractivity contribution in [1.82, 2.24) is 9.21 Å². The molecule has 0 bridgehead atoms. The second-order valence-corrected chi connectivity index (χ2v) is 7.97. The highest BCUT2D eigenvalue weighted by Gasteiger charge is 2.36. The van der Waals surface area contributed by atoms with Crippen molar-refractivity contribution in [3.8, 4) is 0 Å². The number of sulfonamides is 1. The average molecular weight is 288 g/mol. The summed E-state index contributed by atoms with van der Waals surface area (Å²) in [6.45, 7) is 4.11. The first kappa shape index (κ1) is 13.8. The minimum atomic E-state index is -3.14. The number of fused-ring (bicyclic) bond motifs is 1. The predicted octanol–water partition coefficient (Wildman–Crippen LogP) is 0.665. The van der Waals surface area contributed by atoms with Gasteiger partial charge in [0.1, 0.15) is 0 Å². The summed E-state index contributed by atoms with van der Waals surface area (Å²) < 4.78 is 32.2. The monoisotopic (exact) mass is 288 g/mol. The maximum atomic E-state index is 12.5. The van der Waals surface area contributed by atoms with Crippen molar-refractivity contribution >= 4 is 10.0 Å². The van der Waals surface area contributed by atoms with Crippen LogP contribution in [0.25, 0.3) is 0 Å². The Kier molecular flexibility index (Phi) is 4.12. The molecule has 3 fully saturated rings. The number of nitrogens with zero attached hydrogens (tertiary/aromatic N) is 2. The minimum Gasteiger partial charge on any atom is -0.377 e. The molecule has 0 aromatic carbocycles. The van der Waals surface area contributed by atoms with Crippen molar-refractivity contribution in [2.24, 2.45) is 0 Å². The molecular formula is C13H24N2O3S. The van der Waals surface area contributed by atoms with Crippen LogP contribution in [0.2, 0.25) is 0 Å². The van der Waals surface area contributed by atoms with E-state index in [2.05, 4.69) is 4.90 Å². The third kappa shape index (κ3) is 3.12. The third-order valence-corrected chi connectivity index (χ3v) is 6.53. The zero-order valence-electron chi connectivity index (χ0n) is 11.5. The van der Waals surface area contributed by atoms with E-state index in [1.165, 1.54) is 6.42 Å². The van der Waals surface area contributed by atoms with E-state index < -0.39 is 10.0 Å². The lowest BCUT2D eigenvalue weighted by Crippen LogP contribution is -2.53. The van der Waals surface area contributed by atoms with E-state index in [-0.39, 0.29) is 11.9 Å². The van der Waals surface area contributed by atoms with Crippen LogP contribution < -0.4 is 0 Å². The lowest BCUT2D eigenvalue weighted by molar-refractivity contribution is 0.0295. The first-order valence-electron chi connectivity index (χ1n) is 7.49.